The third kappa shape index (κ3) is 43.5. The summed E-state index contributed by atoms with van der Waals surface area (Å²) in [5.74, 6) is 5.61. The maximum absolute atomic E-state index is 11.7. The predicted octanol–water partition coefficient (Wildman–Crippen LogP) is 14.8. The minimum atomic E-state index is -4.19. The molecule has 0 amide bonds. The number of rotatable bonds is 19. The molecule has 0 aromatic heterocycles. The number of alkyl halides is 1. The van der Waals surface area contributed by atoms with Crippen LogP contribution in [0, 0.1) is 46.6 Å². The Morgan fingerprint density at radius 2 is 0.777 bits per heavy atom. The summed E-state index contributed by atoms with van der Waals surface area (Å²) in [6.45, 7) is 37.0. The van der Waals surface area contributed by atoms with Crippen molar-refractivity contribution in [1.82, 2.24) is 0 Å². The fourth-order valence-electron chi connectivity index (χ4n) is 6.16. The second-order valence-corrected chi connectivity index (χ2v) is 25.6. The molecule has 21 nitrogen and oxygen atoms in total. The average molecular weight is 1490 g/mol. The third-order valence-corrected chi connectivity index (χ3v) is 12.4. The summed E-state index contributed by atoms with van der Waals surface area (Å²) >= 11 is 7.18. The highest BCUT2D eigenvalue weighted by Gasteiger charge is 2.35. The lowest BCUT2D eigenvalue weighted by Crippen LogP contribution is -2.39. The fourth-order valence-corrected chi connectivity index (χ4v) is 7.26. The van der Waals surface area contributed by atoms with Crippen molar-refractivity contribution in [3.05, 3.63) is 137 Å². The van der Waals surface area contributed by atoms with Crippen molar-refractivity contribution in [3.63, 3.8) is 0 Å². The Morgan fingerprint density at radius 3 is 1.02 bits per heavy atom. The molecule has 27 heteroatoms. The van der Waals surface area contributed by atoms with Crippen LogP contribution in [0.15, 0.2) is 119 Å². The summed E-state index contributed by atoms with van der Waals surface area (Å²) in [5.41, 5.74) is 0.358. The van der Waals surface area contributed by atoms with E-state index in [1.807, 2.05) is 119 Å². The fraction of sp³-hybridized carbons (Fsp3) is 0.463. The quantitative estimate of drug-likeness (QED) is 0.00571. The van der Waals surface area contributed by atoms with Gasteiger partial charge in [0.25, 0.3) is 9.05 Å². The van der Waals surface area contributed by atoms with E-state index in [0.29, 0.717) is 60.7 Å². The third-order valence-electron chi connectivity index (χ3n) is 10.7. The maximum atomic E-state index is 11.7. The van der Waals surface area contributed by atoms with E-state index in [1.165, 1.54) is 18.2 Å². The molecule has 0 radical (unpaired) electrons. The largest absolute Gasteiger partial charge is 0.508 e. The molecule has 3 N–H and O–H groups in total. The number of aliphatic hydroxyl groups is 1. The second-order valence-electron chi connectivity index (χ2n) is 20.5. The van der Waals surface area contributed by atoms with Crippen LogP contribution in [0.3, 0.4) is 0 Å². The van der Waals surface area contributed by atoms with Crippen LogP contribution in [0.5, 0.6) is 28.7 Å². The molecule has 0 aliphatic carbocycles. The number of phenols is 1. The first-order chi connectivity index (χ1) is 43.5. The van der Waals surface area contributed by atoms with Crippen LogP contribution in [0.2, 0.25) is 0 Å². The van der Waals surface area contributed by atoms with Gasteiger partial charge in [0, 0.05) is 39.8 Å². The van der Waals surface area contributed by atoms with E-state index < -0.39 is 46.8 Å². The van der Waals surface area contributed by atoms with Crippen molar-refractivity contribution in [2.75, 3.05) is 45.5 Å². The number of hydrogen-bond acceptors (Lipinski definition) is 21. The number of esters is 4. The number of aryl methyl sites for hydroxylation is 5. The molecular formula is C67H97BrCl2O21S3. The van der Waals surface area contributed by atoms with Crippen LogP contribution in [0.25, 0.3) is 0 Å². The van der Waals surface area contributed by atoms with Crippen LogP contribution in [-0.2, 0) is 66.3 Å². The number of para-hydroxylation sites is 3. The van der Waals surface area contributed by atoms with Gasteiger partial charge in [0.2, 0.25) is 0 Å². The van der Waals surface area contributed by atoms with Gasteiger partial charge in [0.05, 0.1) is 37.9 Å². The van der Waals surface area contributed by atoms with E-state index >= 15 is 0 Å². The summed E-state index contributed by atoms with van der Waals surface area (Å²) in [6.07, 6.45) is 2.28. The molecule has 0 aliphatic heterocycles. The van der Waals surface area contributed by atoms with Crippen molar-refractivity contribution < 1.29 is 98.4 Å². The lowest BCUT2D eigenvalue weighted by molar-refractivity contribution is -0.232. The van der Waals surface area contributed by atoms with Gasteiger partial charge in [-0.3, -0.25) is 9.44 Å². The Balaban J connectivity index is -0.000000513. The smallest absolute Gasteiger partial charge is 0.353 e. The molecule has 0 fully saturated rings. The van der Waals surface area contributed by atoms with Gasteiger partial charge in [0.15, 0.2) is 28.5 Å². The highest BCUT2D eigenvalue weighted by Crippen LogP contribution is 2.29. The van der Waals surface area contributed by atoms with Crippen molar-refractivity contribution in [2.45, 2.75) is 171 Å². The minimum absolute atomic E-state index is 0.0158. The molecule has 5 aromatic carbocycles. The van der Waals surface area contributed by atoms with Gasteiger partial charge in [0.1, 0.15) is 28.7 Å². The molecule has 0 spiro atoms. The first kappa shape index (κ1) is 93.9. The van der Waals surface area contributed by atoms with Crippen molar-refractivity contribution in [3.8, 4) is 40.8 Å². The standard InChI is InChI=1S/C13H17ClO5S.C13H18O3S.2C13H18O3.C7H8O.C5H8O2.C2H6O.CH3Br.ClHO3S/c1-5-18-12(15)13(3,4)19-11-7-6-10(8-9(11)2)20(14,16)17;1-5-15-12(14)13(3,4)16-11-7-6-10(17)8-9(11)2;2*1-5-15-12(14)13(3,4)16-11-9-7-6-8-10(11)2;1-6-4-2-3-5-7(6)8;1-3-5-7-6-4-2;1-2-3;1-2;1-5(2,3)4/h6-8H,5H2,1-4H3;6-8,17H,5H2,1-4H3;2*6-9H,5H2,1-4H3;2-5,8H,1H3;4H2,1-2H3;3H,2H2,1H3;1H3;(H,2,3,4). The summed E-state index contributed by atoms with van der Waals surface area (Å²) in [5, 5.41) is 16.5. The zero-order valence-electron chi connectivity index (χ0n) is 57.7. The molecule has 0 saturated heterocycles. The van der Waals surface area contributed by atoms with Gasteiger partial charge in [-0.1, -0.05) is 76.4 Å². The summed E-state index contributed by atoms with van der Waals surface area (Å²) < 4.78 is 90.0. The molecule has 0 saturated carbocycles. The molecular weight excluding hydrogens is 1390 g/mol. The van der Waals surface area contributed by atoms with E-state index in [0.717, 1.165) is 27.1 Å². The average Bonchev–Trinajstić information content (AvgIpc) is 0.842. The highest BCUT2D eigenvalue weighted by molar-refractivity contribution is 9.08. The lowest BCUT2D eigenvalue weighted by atomic mass is 10.1. The highest BCUT2D eigenvalue weighted by atomic mass is 79.9. The number of aromatic hydroxyl groups is 1. The van der Waals surface area contributed by atoms with Crippen molar-refractivity contribution in [1.29, 1.82) is 0 Å². The zero-order chi connectivity index (χ0) is 73.7. The van der Waals surface area contributed by atoms with Gasteiger partial charge in [-0.05, 0) is 220 Å². The van der Waals surface area contributed by atoms with Crippen LogP contribution < -0.4 is 18.9 Å². The maximum Gasteiger partial charge on any atom is 0.353 e. The van der Waals surface area contributed by atoms with Crippen molar-refractivity contribution in [2.24, 2.45) is 0 Å². The topological polar surface area (TPSA) is 290 Å². The van der Waals surface area contributed by atoms with Gasteiger partial charge in [-0.25, -0.2) is 27.6 Å². The van der Waals surface area contributed by atoms with Gasteiger partial charge < -0.3 is 48.1 Å². The van der Waals surface area contributed by atoms with E-state index in [2.05, 4.69) is 61.0 Å². The van der Waals surface area contributed by atoms with E-state index in [1.54, 1.807) is 116 Å². The Hall–Kier alpha value is -6.47. The summed E-state index contributed by atoms with van der Waals surface area (Å²) in [7, 11) is 1.34. The molecule has 5 aromatic rings. The number of ether oxygens (including phenoxy) is 8. The van der Waals surface area contributed by atoms with Crippen LogP contribution in [-0.4, -0.2) is 123 Å². The Labute approximate surface area is 580 Å². The second kappa shape index (κ2) is 49.1. The SMILES string of the molecule is CBr.CC#COOCC.CCO.CCOC(=O)C(C)(C)Oc1ccc(S(=O)(=O)Cl)cc1C.CCOC(=O)C(C)(C)Oc1ccc(S)cc1C.CCOC(=O)C(C)(C)Oc1ccccc1C.CCOC(=O)C(C)(C)Oc1ccccc1C.Cc1ccccc1O.O=S(=O)(O)Cl. The molecule has 0 unspecified atom stereocenters. The molecule has 0 heterocycles. The number of aliphatic hydroxyl groups excluding tert-OH is 1. The van der Waals surface area contributed by atoms with E-state index in [9.17, 15) is 27.6 Å². The number of halogens is 3. The van der Waals surface area contributed by atoms with Gasteiger partial charge in [-0.15, -0.1) is 12.6 Å². The molecule has 5 rings (SSSR count). The molecule has 0 atom stereocenters. The molecule has 0 bridgehead atoms. The monoisotopic (exact) mass is 1480 g/mol. The zero-order valence-corrected chi connectivity index (χ0v) is 63.3. The van der Waals surface area contributed by atoms with Crippen LogP contribution >= 0.6 is 49.9 Å². The first-order valence-electron chi connectivity index (χ1n) is 29.0. The Morgan fingerprint density at radius 1 is 0.489 bits per heavy atom. The number of phenolic OH excluding ortho intramolecular Hbond substituents is 1. The Kier molecular flexibility index (Phi) is 49.1. The van der Waals surface area contributed by atoms with Crippen LogP contribution in [0.1, 0.15) is 132 Å². The number of carbonyl (C=O) groups is 4. The number of benzene rings is 5. The Bertz CT molecular complexity index is 3210. The normalized spacial score (nSPS) is 10.5. The molecule has 94 heavy (non-hydrogen) atoms. The van der Waals surface area contributed by atoms with Gasteiger partial charge in [-0.2, -0.15) is 13.3 Å². The minimum Gasteiger partial charge on any atom is -0.508 e. The molecule has 530 valence electrons. The summed E-state index contributed by atoms with van der Waals surface area (Å²) in [4.78, 5) is 56.2. The number of thiol groups is 1. The molecule has 0 aliphatic rings. The van der Waals surface area contributed by atoms with Gasteiger partial charge >= 0.3 is 33.2 Å². The number of hydrogen-bond donors (Lipinski definition) is 4. The van der Waals surface area contributed by atoms with E-state index in [-0.39, 0.29) is 36.0 Å². The number of carbonyl (C=O) groups excluding carboxylic acids is 4. The lowest BCUT2D eigenvalue weighted by Gasteiger charge is -2.25. The van der Waals surface area contributed by atoms with Crippen molar-refractivity contribution >= 4 is 92.2 Å². The summed E-state index contributed by atoms with van der Waals surface area (Å²) in [6, 6.07) is 32.1. The van der Waals surface area contributed by atoms with Crippen LogP contribution in [0.4, 0.5) is 0 Å². The van der Waals surface area contributed by atoms with E-state index in [4.69, 9.17) is 71.8 Å². The predicted molar refractivity (Wildman–Crippen MR) is 374 cm³/mol. The first-order valence-corrected chi connectivity index (χ1v) is 35.6.